The molecule has 0 fully saturated rings. The maximum absolute atomic E-state index is 12.0. The fourth-order valence-electron chi connectivity index (χ4n) is 3.29. The highest BCUT2D eigenvalue weighted by molar-refractivity contribution is 7.00. The molecule has 4 nitrogen and oxygen atoms in total. The van der Waals surface area contributed by atoms with Crippen LogP contribution in [-0.2, 0) is 16.0 Å². The van der Waals surface area contributed by atoms with Crippen LogP contribution in [-0.4, -0.2) is 33.2 Å². The number of aromatic nitrogens is 1. The zero-order valence-corrected chi connectivity index (χ0v) is 16.1. The Morgan fingerprint density at radius 3 is 2.44 bits per heavy atom. The smallest absolute Gasteiger partial charge is 0.310 e. The predicted molar refractivity (Wildman–Crippen MR) is 104 cm³/mol. The molecular formula is C20H23NO3Si. The lowest BCUT2D eigenvalue weighted by Crippen LogP contribution is -2.55. The van der Waals surface area contributed by atoms with Gasteiger partial charge in [-0.3, -0.25) is 4.79 Å². The number of hydrogen-bond donors (Lipinski definition) is 1. The molecule has 0 saturated carbocycles. The van der Waals surface area contributed by atoms with Gasteiger partial charge < -0.3 is 14.5 Å². The van der Waals surface area contributed by atoms with Crippen LogP contribution >= 0.6 is 0 Å². The number of carbonyl (C=O) groups is 1. The van der Waals surface area contributed by atoms with Crippen LogP contribution in [0.3, 0.4) is 0 Å². The summed E-state index contributed by atoms with van der Waals surface area (Å²) >= 11 is 0. The van der Waals surface area contributed by atoms with Crippen LogP contribution in [0.15, 0.2) is 48.5 Å². The SMILES string of the molecule is COC(=O)Cc1c([Si](C)(C)c2ccccc2)[nH]c2ccc(OC)cc12. The first-order valence-corrected chi connectivity index (χ1v) is 11.3. The van der Waals surface area contributed by atoms with Gasteiger partial charge in [0.25, 0.3) is 0 Å². The molecule has 0 radical (unpaired) electrons. The van der Waals surface area contributed by atoms with E-state index in [2.05, 4.69) is 42.3 Å². The molecule has 0 aliphatic heterocycles. The van der Waals surface area contributed by atoms with Gasteiger partial charge in [0, 0.05) is 16.2 Å². The molecule has 3 aromatic rings. The van der Waals surface area contributed by atoms with Crippen LogP contribution in [0.4, 0.5) is 0 Å². The van der Waals surface area contributed by atoms with Gasteiger partial charge in [-0.1, -0.05) is 48.6 Å². The van der Waals surface area contributed by atoms with Crippen molar-refractivity contribution in [2.45, 2.75) is 19.5 Å². The average Bonchev–Trinajstić information content (AvgIpc) is 3.00. The first-order chi connectivity index (χ1) is 12.0. The van der Waals surface area contributed by atoms with Gasteiger partial charge in [-0.2, -0.15) is 0 Å². The Hall–Kier alpha value is -2.53. The average molecular weight is 353 g/mol. The number of carbonyl (C=O) groups excluding carboxylic acids is 1. The summed E-state index contributed by atoms with van der Waals surface area (Å²) in [5.41, 5.74) is 2.03. The summed E-state index contributed by atoms with van der Waals surface area (Å²) < 4.78 is 10.3. The number of esters is 1. The monoisotopic (exact) mass is 353 g/mol. The van der Waals surface area contributed by atoms with Crippen LogP contribution in [0.5, 0.6) is 5.75 Å². The van der Waals surface area contributed by atoms with Gasteiger partial charge >= 0.3 is 5.97 Å². The zero-order chi connectivity index (χ0) is 18.0. The van der Waals surface area contributed by atoms with Crippen LogP contribution in [0, 0.1) is 0 Å². The summed E-state index contributed by atoms with van der Waals surface area (Å²) in [5, 5.41) is 3.50. The fourth-order valence-corrected chi connectivity index (χ4v) is 6.03. The Kier molecular flexibility index (Phi) is 4.68. The molecule has 5 heteroatoms. The largest absolute Gasteiger partial charge is 0.497 e. The second-order valence-corrected chi connectivity index (χ2v) is 11.0. The molecule has 0 unspecified atom stereocenters. The van der Waals surface area contributed by atoms with E-state index >= 15 is 0 Å². The first kappa shape index (κ1) is 17.3. The molecule has 25 heavy (non-hydrogen) atoms. The topological polar surface area (TPSA) is 51.3 Å². The Morgan fingerprint density at radius 1 is 1.08 bits per heavy atom. The van der Waals surface area contributed by atoms with Crippen molar-refractivity contribution in [2.75, 3.05) is 14.2 Å². The van der Waals surface area contributed by atoms with Gasteiger partial charge in [0.2, 0.25) is 0 Å². The molecular weight excluding hydrogens is 330 g/mol. The summed E-state index contributed by atoms with van der Waals surface area (Å²) in [6.07, 6.45) is 0.252. The summed E-state index contributed by atoms with van der Waals surface area (Å²) in [4.78, 5) is 15.6. The number of methoxy groups -OCH3 is 2. The van der Waals surface area contributed by atoms with E-state index in [9.17, 15) is 4.79 Å². The van der Waals surface area contributed by atoms with E-state index in [1.807, 2.05) is 24.3 Å². The molecule has 0 spiro atoms. The van der Waals surface area contributed by atoms with Crippen molar-refractivity contribution in [1.29, 1.82) is 0 Å². The van der Waals surface area contributed by atoms with E-state index in [-0.39, 0.29) is 12.4 Å². The van der Waals surface area contributed by atoms with E-state index < -0.39 is 8.07 Å². The van der Waals surface area contributed by atoms with E-state index in [4.69, 9.17) is 9.47 Å². The minimum atomic E-state index is -1.99. The van der Waals surface area contributed by atoms with E-state index in [1.54, 1.807) is 7.11 Å². The van der Waals surface area contributed by atoms with Crippen molar-refractivity contribution >= 4 is 35.5 Å². The fraction of sp³-hybridized carbons (Fsp3) is 0.250. The van der Waals surface area contributed by atoms with Gasteiger partial charge in [-0.15, -0.1) is 0 Å². The Labute approximate surface area is 148 Å². The van der Waals surface area contributed by atoms with Gasteiger partial charge in [0.1, 0.15) is 13.8 Å². The third-order valence-corrected chi connectivity index (χ3v) is 8.24. The quantitative estimate of drug-likeness (QED) is 0.567. The number of aromatic amines is 1. The van der Waals surface area contributed by atoms with E-state index in [1.165, 1.54) is 12.3 Å². The number of benzene rings is 2. The number of hydrogen-bond acceptors (Lipinski definition) is 3. The highest BCUT2D eigenvalue weighted by Gasteiger charge is 2.32. The molecule has 3 rings (SSSR count). The van der Waals surface area contributed by atoms with Crippen LogP contribution in [0.1, 0.15) is 5.56 Å². The normalized spacial score (nSPS) is 11.5. The van der Waals surface area contributed by atoms with Crippen molar-refractivity contribution in [2.24, 2.45) is 0 Å². The third-order valence-electron chi connectivity index (χ3n) is 4.78. The summed E-state index contributed by atoms with van der Waals surface area (Å²) in [7, 11) is 1.08. The first-order valence-electron chi connectivity index (χ1n) is 8.28. The van der Waals surface area contributed by atoms with Gasteiger partial charge in [-0.25, -0.2) is 0 Å². The summed E-state index contributed by atoms with van der Waals surface area (Å²) in [5.74, 6) is 0.547. The van der Waals surface area contributed by atoms with Gasteiger partial charge in [-0.05, 0) is 23.8 Å². The standard InChI is InChI=1S/C20H23NO3Si/c1-23-14-10-11-18-16(12-14)17(13-19(22)24-2)20(21-18)25(3,4)15-8-6-5-7-9-15/h5-12,21H,13H2,1-4H3. The minimum Gasteiger partial charge on any atom is -0.497 e. The van der Waals surface area contributed by atoms with Crippen molar-refractivity contribution in [3.05, 3.63) is 54.1 Å². The highest BCUT2D eigenvalue weighted by Crippen LogP contribution is 2.25. The molecule has 1 aromatic heterocycles. The molecule has 1 heterocycles. The van der Waals surface area contributed by atoms with Crippen molar-refractivity contribution < 1.29 is 14.3 Å². The van der Waals surface area contributed by atoms with Gasteiger partial charge in [0.15, 0.2) is 0 Å². The molecule has 1 N–H and O–H groups in total. The molecule has 0 saturated heterocycles. The summed E-state index contributed by atoms with van der Waals surface area (Å²) in [6.45, 7) is 4.59. The van der Waals surface area contributed by atoms with Crippen LogP contribution in [0.2, 0.25) is 13.1 Å². The molecule has 0 atom stereocenters. The lowest BCUT2D eigenvalue weighted by molar-refractivity contribution is -0.139. The third kappa shape index (κ3) is 3.19. The molecule has 130 valence electrons. The predicted octanol–water partition coefficient (Wildman–Crippen LogP) is 2.71. The molecule has 0 amide bonds. The molecule has 0 aliphatic rings. The number of rotatable bonds is 5. The van der Waals surface area contributed by atoms with E-state index in [0.717, 1.165) is 27.5 Å². The maximum Gasteiger partial charge on any atom is 0.310 e. The zero-order valence-electron chi connectivity index (χ0n) is 15.1. The molecule has 0 bridgehead atoms. The lowest BCUT2D eigenvalue weighted by atomic mass is 10.1. The Bertz CT molecular complexity index is 900. The number of fused-ring (bicyclic) bond motifs is 1. The summed E-state index contributed by atoms with van der Waals surface area (Å²) in [6, 6.07) is 16.4. The number of nitrogens with one attached hydrogen (secondary N) is 1. The highest BCUT2D eigenvalue weighted by atomic mass is 28.3. The van der Waals surface area contributed by atoms with Crippen LogP contribution in [0.25, 0.3) is 10.9 Å². The second-order valence-electron chi connectivity index (χ2n) is 6.63. The Balaban J connectivity index is 2.22. The lowest BCUT2D eigenvalue weighted by Gasteiger charge is -2.23. The van der Waals surface area contributed by atoms with E-state index in [0.29, 0.717) is 0 Å². The molecule has 2 aromatic carbocycles. The Morgan fingerprint density at radius 2 is 1.80 bits per heavy atom. The maximum atomic E-state index is 12.0. The minimum absolute atomic E-state index is 0.233. The van der Waals surface area contributed by atoms with Crippen molar-refractivity contribution in [3.8, 4) is 5.75 Å². The number of H-pyrrole nitrogens is 1. The van der Waals surface area contributed by atoms with Crippen molar-refractivity contribution in [3.63, 3.8) is 0 Å². The van der Waals surface area contributed by atoms with Crippen molar-refractivity contribution in [1.82, 2.24) is 4.98 Å². The molecule has 0 aliphatic carbocycles. The van der Waals surface area contributed by atoms with Crippen LogP contribution < -0.4 is 15.2 Å². The van der Waals surface area contributed by atoms with Gasteiger partial charge in [0.05, 0.1) is 20.6 Å². The second kappa shape index (κ2) is 6.76. The number of ether oxygens (including phenoxy) is 2.